The van der Waals surface area contributed by atoms with Crippen molar-refractivity contribution in [2.24, 2.45) is 11.5 Å². The van der Waals surface area contributed by atoms with Crippen LogP contribution in [0.15, 0.2) is 12.2 Å². The smallest absolute Gasteiger partial charge is 0.220 e. The third kappa shape index (κ3) is 31.3. The molecule has 0 bridgehead atoms. The van der Waals surface area contributed by atoms with E-state index in [0.717, 1.165) is 64.2 Å². The van der Waals surface area contributed by atoms with Crippen LogP contribution in [-0.4, -0.2) is 432 Å². The first-order valence-corrected chi connectivity index (χ1v) is 44.9. The number of rotatable bonds is 56. The van der Waals surface area contributed by atoms with E-state index in [-0.39, 0.29) is 6.42 Å². The van der Waals surface area contributed by atoms with E-state index < -0.39 is 310 Å². The van der Waals surface area contributed by atoms with E-state index in [1.165, 1.54) is 103 Å². The SMILES string of the molecule is CCCCCCCCCCCCC/C=C/C(O)C(CO[C@@H]1OC(CO)[C@@H](O[C@H](O)C(O)C(O[C@@H]2OC(CO)[C@@H](O[C@@H]3OC(C)[C@@H](O)C(O)C3O)C(O[C@@H]3OC(CO)[C@H](O)C(O)C3O)C2N)[C@@H](O)C(O)CO[C@@H]2OC(CO)[C@@H](O[C@@H]3OC(CO)[C@H](O)C(O)C3O)C(OC3OC(C)[C@@H](O)C(O)C3O)C2N)C(O)C1O)NC(=O)CCCCCCCCCCCCCCC. The lowest BCUT2D eigenvalue weighted by molar-refractivity contribution is -0.380. The average molecular weight is 1820 g/mol. The number of carbonyl (C=O) groups is 1. The van der Waals surface area contributed by atoms with Crippen LogP contribution in [-0.2, 0) is 75.8 Å². The highest BCUT2D eigenvalue weighted by Crippen LogP contribution is 2.38. The molecule has 27 unspecified atom stereocenters. The summed E-state index contributed by atoms with van der Waals surface area (Å²) in [5.74, 6) is -0.412. The topological polar surface area (TPSA) is 705 Å². The molecule has 43 heteroatoms. The van der Waals surface area contributed by atoms with E-state index in [1.54, 1.807) is 6.08 Å². The van der Waals surface area contributed by atoms with Crippen molar-refractivity contribution < 1.29 is 198 Å². The Morgan fingerprint density at radius 3 is 1.14 bits per heavy atom. The fourth-order valence-electron chi connectivity index (χ4n) is 16.4. The van der Waals surface area contributed by atoms with Crippen molar-refractivity contribution in [3.63, 3.8) is 0 Å². The minimum Gasteiger partial charge on any atom is -0.394 e. The van der Waals surface area contributed by atoms with Crippen LogP contribution < -0.4 is 16.8 Å². The van der Waals surface area contributed by atoms with Crippen molar-refractivity contribution in [2.45, 2.75) is 452 Å². The largest absolute Gasteiger partial charge is 0.394 e. The van der Waals surface area contributed by atoms with Crippen LogP contribution in [0.25, 0.3) is 0 Å². The second-order valence-electron chi connectivity index (χ2n) is 34.2. The molecule has 7 heterocycles. The van der Waals surface area contributed by atoms with Crippen molar-refractivity contribution in [3.05, 3.63) is 12.2 Å². The predicted octanol–water partition coefficient (Wildman–Crippen LogP) is -6.90. The number of nitrogens with two attached hydrogens (primary N) is 2. The highest BCUT2D eigenvalue weighted by Gasteiger charge is 2.59. The van der Waals surface area contributed by atoms with E-state index in [9.17, 15) is 127 Å². The van der Waals surface area contributed by atoms with Gasteiger partial charge in [-0.3, -0.25) is 4.79 Å². The van der Waals surface area contributed by atoms with Crippen molar-refractivity contribution >= 4 is 5.91 Å². The molecule has 0 aromatic rings. The normalized spacial score (nSPS) is 39.7. The Morgan fingerprint density at radius 2 is 0.704 bits per heavy atom. The fraction of sp³-hybridized carbons (Fsp3) is 0.963. The maximum atomic E-state index is 13.7. The van der Waals surface area contributed by atoms with Crippen LogP contribution in [0.3, 0.4) is 0 Å². The third-order valence-corrected chi connectivity index (χ3v) is 24.4. The van der Waals surface area contributed by atoms with Crippen molar-refractivity contribution in [1.82, 2.24) is 5.32 Å². The van der Waals surface area contributed by atoms with Crippen LogP contribution in [0.1, 0.15) is 195 Å². The van der Waals surface area contributed by atoms with Gasteiger partial charge < -0.3 is 210 Å². The standard InChI is InChI=1S/C82H151N3O40/c1-5-7-9-11-13-15-17-19-21-23-25-27-29-31-43(91)42(85-50(93)32-30-28-26-24-22-20-18-16-14-12-10-8-6-2)38-111-78-67(108)62(103)69(47(35-88)119-78)120-75(110)68(109)74(125-77-52(84)73(124-82-66(107)61(102)57(98)46(34-87)116-82)71(49(37-90)118-77)121-79-63(104)58(99)53(94)40(3)113-79)55(96)44(92)39-112-76-51(83)72(123-80-64(105)59(100)54(95)41(4)114-80)70(48(36-89)117-76)122-81-65(106)60(101)56(97)45(33-86)115-81/h29,31,40-49,51-82,86-92,94-110H,5-28,30,32-39,83-84H2,1-4H3,(H,85,93)/b31-29+/t40?,41?,42?,43?,44?,45?,46?,47?,48?,49?,51?,52?,53-,54-,55+,56+,57+,58?,59?,60?,61?,62?,63?,64?,65?,66?,67?,68?,69-,70-,71-,72?,73?,74?,75+,76-,77+,78-,79+,80?,81+,82+/m1/s1. The number of aliphatic hydroxyl groups excluding tert-OH is 24. The number of amides is 1. The van der Waals surface area contributed by atoms with Crippen molar-refractivity contribution in [1.29, 1.82) is 0 Å². The molecule has 0 saturated carbocycles. The van der Waals surface area contributed by atoms with Gasteiger partial charge in [0, 0.05) is 6.42 Å². The van der Waals surface area contributed by atoms with Gasteiger partial charge in [-0.15, -0.1) is 0 Å². The molecule has 0 spiro atoms. The molecule has 0 radical (unpaired) electrons. The van der Waals surface area contributed by atoms with Crippen LogP contribution in [0.5, 0.6) is 0 Å². The number of allylic oxidation sites excluding steroid dienone is 1. The second kappa shape index (κ2) is 56.0. The Kier molecular flexibility index (Phi) is 49.1. The number of ether oxygens (including phenoxy) is 15. The maximum absolute atomic E-state index is 13.7. The summed E-state index contributed by atoms with van der Waals surface area (Å²) in [6, 6.07) is -5.11. The number of aliphatic hydroxyl groups is 24. The van der Waals surface area contributed by atoms with Gasteiger partial charge in [0.05, 0.1) is 82.7 Å². The third-order valence-electron chi connectivity index (χ3n) is 24.4. The zero-order valence-corrected chi connectivity index (χ0v) is 72.2. The van der Waals surface area contributed by atoms with Gasteiger partial charge in [-0.05, 0) is 33.1 Å². The molecule has 7 aliphatic rings. The summed E-state index contributed by atoms with van der Waals surface area (Å²) in [6.45, 7) is -0.217. The number of hydrogen-bond acceptors (Lipinski definition) is 42. The minimum atomic E-state index is -2.87. The van der Waals surface area contributed by atoms with Crippen LogP contribution >= 0.6 is 0 Å². The molecule has 43 nitrogen and oxygen atoms in total. The van der Waals surface area contributed by atoms with E-state index in [1.807, 2.05) is 0 Å². The molecule has 0 aliphatic carbocycles. The van der Waals surface area contributed by atoms with Gasteiger partial charge >= 0.3 is 0 Å². The van der Waals surface area contributed by atoms with Gasteiger partial charge in [-0.1, -0.05) is 167 Å². The lowest BCUT2D eigenvalue weighted by atomic mass is 9.94. The summed E-state index contributed by atoms with van der Waals surface area (Å²) in [5, 5.41) is 271. The number of unbranched alkanes of at least 4 members (excludes halogenated alkanes) is 23. The van der Waals surface area contributed by atoms with Crippen molar-refractivity contribution in [3.8, 4) is 0 Å². The molecule has 125 heavy (non-hydrogen) atoms. The molecular formula is C82H151N3O40. The van der Waals surface area contributed by atoms with Crippen LogP contribution in [0, 0.1) is 0 Å². The number of carbonyl (C=O) groups excluding carboxylic acids is 1. The summed E-state index contributed by atoms with van der Waals surface area (Å²) in [5.41, 5.74) is 13.6. The summed E-state index contributed by atoms with van der Waals surface area (Å²) >= 11 is 0. The van der Waals surface area contributed by atoms with Gasteiger partial charge in [0.25, 0.3) is 0 Å². The lowest BCUT2D eigenvalue weighted by Gasteiger charge is -2.50. The summed E-state index contributed by atoms with van der Waals surface area (Å²) in [6.07, 6.45) is -48.1. The first-order chi connectivity index (χ1) is 59.7. The zero-order chi connectivity index (χ0) is 91.9. The summed E-state index contributed by atoms with van der Waals surface area (Å²) in [7, 11) is 0. The van der Waals surface area contributed by atoms with Gasteiger partial charge in [-0.2, -0.15) is 0 Å². The Hall–Kier alpha value is -2.43. The second-order valence-corrected chi connectivity index (χ2v) is 34.2. The van der Waals surface area contributed by atoms with Gasteiger partial charge in [-0.25, -0.2) is 0 Å². The average Bonchev–Trinajstić information content (AvgIpc) is 0.772. The minimum absolute atomic E-state index is 0.107. The van der Waals surface area contributed by atoms with Gasteiger partial charge in [0.2, 0.25) is 5.91 Å². The molecule has 7 fully saturated rings. The first kappa shape index (κ1) is 110. The maximum Gasteiger partial charge on any atom is 0.220 e. The quantitative estimate of drug-likeness (QED) is 0.0153. The predicted molar refractivity (Wildman–Crippen MR) is 431 cm³/mol. The molecule has 7 rings (SSSR count). The van der Waals surface area contributed by atoms with Crippen LogP contribution in [0.2, 0.25) is 0 Å². The number of nitrogens with one attached hydrogen (secondary N) is 1. The molecule has 1 amide bonds. The Labute approximate surface area is 729 Å². The Morgan fingerprint density at radius 1 is 0.360 bits per heavy atom. The van der Waals surface area contributed by atoms with Gasteiger partial charge in [0.1, 0.15) is 171 Å². The molecule has 734 valence electrons. The van der Waals surface area contributed by atoms with E-state index in [2.05, 4.69) is 19.2 Å². The molecule has 7 saturated heterocycles. The summed E-state index contributed by atoms with van der Waals surface area (Å²) in [4.78, 5) is 13.7. The lowest BCUT2D eigenvalue weighted by Crippen LogP contribution is -2.69. The number of hydrogen-bond donors (Lipinski definition) is 27. The van der Waals surface area contributed by atoms with E-state index in [0.29, 0.717) is 12.8 Å². The van der Waals surface area contributed by atoms with Crippen molar-refractivity contribution in [2.75, 3.05) is 46.2 Å². The first-order valence-electron chi connectivity index (χ1n) is 44.9. The molecule has 0 aromatic carbocycles. The van der Waals surface area contributed by atoms with Gasteiger partial charge in [0.15, 0.2) is 50.3 Å². The Bertz CT molecular complexity index is 2920. The fourth-order valence-corrected chi connectivity index (χ4v) is 16.4. The molecular weight excluding hydrogens is 1670 g/mol. The molecule has 7 aliphatic heterocycles. The van der Waals surface area contributed by atoms with E-state index >= 15 is 0 Å². The van der Waals surface area contributed by atoms with Crippen LogP contribution in [0.4, 0.5) is 0 Å². The molecule has 0 aromatic heterocycles. The molecule has 42 atom stereocenters. The van der Waals surface area contributed by atoms with E-state index in [4.69, 9.17) is 82.5 Å². The Balaban J connectivity index is 1.14. The monoisotopic (exact) mass is 1820 g/mol. The highest BCUT2D eigenvalue weighted by molar-refractivity contribution is 5.76. The highest BCUT2D eigenvalue weighted by atomic mass is 16.8. The molecule has 29 N–H and O–H groups in total. The zero-order valence-electron chi connectivity index (χ0n) is 72.2. The summed E-state index contributed by atoms with van der Waals surface area (Å²) < 4.78 is 88.8.